The van der Waals surface area contributed by atoms with Gasteiger partial charge in [-0.2, -0.15) is 0 Å². The van der Waals surface area contributed by atoms with Crippen LogP contribution in [0.25, 0.3) is 0 Å². The van der Waals surface area contributed by atoms with Crippen LogP contribution in [0.15, 0.2) is 0 Å². The molecule has 0 bridgehead atoms. The minimum atomic E-state index is -0.813. The van der Waals surface area contributed by atoms with Crippen LogP contribution < -0.4 is 0 Å². The molecule has 2 N–H and O–H groups in total. The molecule has 0 spiro atoms. The molecule has 0 aliphatic heterocycles. The van der Waals surface area contributed by atoms with Gasteiger partial charge in [0, 0.05) is 12.8 Å². The molecule has 0 radical (unpaired) electrons. The second-order valence-corrected chi connectivity index (χ2v) is 4.00. The van der Waals surface area contributed by atoms with Crippen molar-refractivity contribution in [2.45, 2.75) is 38.5 Å². The maximum absolute atomic E-state index is 10.6. The van der Waals surface area contributed by atoms with Gasteiger partial charge in [-0.1, -0.05) is 12.8 Å². The summed E-state index contributed by atoms with van der Waals surface area (Å²) in [5.74, 6) is -1.49. The second-order valence-electron chi connectivity index (χ2n) is 4.00. The summed E-state index contributed by atoms with van der Waals surface area (Å²) >= 11 is 0. The Hall–Kier alpha value is -1.06. The van der Waals surface area contributed by atoms with Crippen LogP contribution >= 0.6 is 0 Å². The lowest BCUT2D eigenvalue weighted by atomic mass is 9.76. The Labute approximate surface area is 82.9 Å². The largest absolute Gasteiger partial charge is 0.481 e. The van der Waals surface area contributed by atoms with Crippen molar-refractivity contribution in [2.24, 2.45) is 11.8 Å². The van der Waals surface area contributed by atoms with Crippen LogP contribution in [0.2, 0.25) is 0 Å². The molecule has 80 valence electrons. The highest BCUT2D eigenvalue weighted by atomic mass is 16.4. The highest BCUT2D eigenvalue weighted by Crippen LogP contribution is 2.34. The molecule has 0 aromatic carbocycles. The molecule has 1 aliphatic carbocycles. The average Bonchev–Trinajstić information content (AvgIpc) is 2.06. The van der Waals surface area contributed by atoms with E-state index in [1.165, 1.54) is 0 Å². The van der Waals surface area contributed by atoms with Gasteiger partial charge in [0.05, 0.1) is 0 Å². The van der Waals surface area contributed by atoms with Crippen molar-refractivity contribution in [3.8, 4) is 0 Å². The van der Waals surface area contributed by atoms with Gasteiger partial charge in [-0.15, -0.1) is 0 Å². The minimum Gasteiger partial charge on any atom is -0.481 e. The summed E-state index contributed by atoms with van der Waals surface area (Å²) in [5, 5.41) is 17.3. The Bertz CT molecular complexity index is 200. The number of carboxylic acid groups (broad SMARTS) is 2. The predicted molar refractivity (Wildman–Crippen MR) is 50.0 cm³/mol. The SMILES string of the molecule is O=C(O)CC1CCCC[C@H]1CC(=O)O. The molecule has 14 heavy (non-hydrogen) atoms. The van der Waals surface area contributed by atoms with Gasteiger partial charge in [0.15, 0.2) is 0 Å². The summed E-state index contributed by atoms with van der Waals surface area (Å²) in [6.07, 6.45) is 4.05. The zero-order valence-electron chi connectivity index (χ0n) is 8.11. The maximum Gasteiger partial charge on any atom is 0.303 e. The molecule has 4 nitrogen and oxygen atoms in total. The smallest absolute Gasteiger partial charge is 0.303 e. The third-order valence-corrected chi connectivity index (χ3v) is 2.94. The van der Waals surface area contributed by atoms with Gasteiger partial charge >= 0.3 is 11.9 Å². The van der Waals surface area contributed by atoms with Crippen molar-refractivity contribution in [2.75, 3.05) is 0 Å². The number of rotatable bonds is 4. The van der Waals surface area contributed by atoms with Crippen molar-refractivity contribution in [3.05, 3.63) is 0 Å². The third-order valence-electron chi connectivity index (χ3n) is 2.94. The van der Waals surface area contributed by atoms with Gasteiger partial charge < -0.3 is 10.2 Å². The van der Waals surface area contributed by atoms with E-state index in [1.807, 2.05) is 0 Å². The Morgan fingerprint density at radius 3 is 1.57 bits per heavy atom. The fourth-order valence-electron chi connectivity index (χ4n) is 2.27. The summed E-state index contributed by atoms with van der Waals surface area (Å²) in [6, 6.07) is 0. The van der Waals surface area contributed by atoms with E-state index in [-0.39, 0.29) is 24.7 Å². The van der Waals surface area contributed by atoms with Crippen molar-refractivity contribution in [1.82, 2.24) is 0 Å². The van der Waals surface area contributed by atoms with Crippen LogP contribution in [-0.4, -0.2) is 22.2 Å². The topological polar surface area (TPSA) is 74.6 Å². The Morgan fingerprint density at radius 2 is 1.29 bits per heavy atom. The Balaban J connectivity index is 2.49. The van der Waals surface area contributed by atoms with Crippen molar-refractivity contribution < 1.29 is 19.8 Å². The van der Waals surface area contributed by atoms with E-state index in [0.29, 0.717) is 0 Å². The van der Waals surface area contributed by atoms with Crippen LogP contribution in [0.4, 0.5) is 0 Å². The Morgan fingerprint density at radius 1 is 0.929 bits per heavy atom. The minimum absolute atomic E-state index is 0.0670. The van der Waals surface area contributed by atoms with E-state index >= 15 is 0 Å². The van der Waals surface area contributed by atoms with Crippen LogP contribution in [0.3, 0.4) is 0 Å². The van der Waals surface area contributed by atoms with Crippen LogP contribution in [-0.2, 0) is 9.59 Å². The molecule has 0 heterocycles. The predicted octanol–water partition coefficient (Wildman–Crippen LogP) is 1.74. The molecule has 1 fully saturated rings. The van der Waals surface area contributed by atoms with E-state index in [1.54, 1.807) is 0 Å². The molecule has 4 heteroatoms. The molecule has 0 aromatic rings. The molecule has 0 aromatic heterocycles. The van der Waals surface area contributed by atoms with Gasteiger partial charge in [0.1, 0.15) is 0 Å². The standard InChI is InChI=1S/C10H16O4/c11-9(12)5-7-3-1-2-4-8(7)6-10(13)14/h7-8H,1-6H2,(H,11,12)(H,13,14)/t7-,8?/m0/s1. The first-order valence-electron chi connectivity index (χ1n) is 5.03. The lowest BCUT2D eigenvalue weighted by Crippen LogP contribution is -2.24. The van der Waals surface area contributed by atoms with Crippen LogP contribution in [0.5, 0.6) is 0 Å². The molecule has 1 rings (SSSR count). The highest BCUT2D eigenvalue weighted by molar-refractivity contribution is 5.68. The lowest BCUT2D eigenvalue weighted by molar-refractivity contribution is -0.142. The number of hydrogen-bond donors (Lipinski definition) is 2. The van der Waals surface area contributed by atoms with E-state index in [0.717, 1.165) is 25.7 Å². The average molecular weight is 200 g/mol. The number of carboxylic acids is 2. The number of carbonyl (C=O) groups is 2. The first kappa shape index (κ1) is 11.0. The summed E-state index contributed by atoms with van der Waals surface area (Å²) in [4.78, 5) is 21.1. The van der Waals surface area contributed by atoms with Crippen molar-refractivity contribution in [3.63, 3.8) is 0 Å². The van der Waals surface area contributed by atoms with Gasteiger partial charge in [0.25, 0.3) is 0 Å². The summed E-state index contributed by atoms with van der Waals surface area (Å²) in [7, 11) is 0. The molecular weight excluding hydrogens is 184 g/mol. The van der Waals surface area contributed by atoms with Crippen LogP contribution in [0, 0.1) is 11.8 Å². The maximum atomic E-state index is 10.6. The summed E-state index contributed by atoms with van der Waals surface area (Å²) in [5.41, 5.74) is 0. The summed E-state index contributed by atoms with van der Waals surface area (Å²) < 4.78 is 0. The molecule has 2 atom stereocenters. The fourth-order valence-corrected chi connectivity index (χ4v) is 2.27. The van der Waals surface area contributed by atoms with E-state index in [2.05, 4.69) is 0 Å². The zero-order chi connectivity index (χ0) is 10.6. The highest BCUT2D eigenvalue weighted by Gasteiger charge is 2.28. The second kappa shape index (κ2) is 4.98. The van der Waals surface area contributed by atoms with E-state index < -0.39 is 11.9 Å². The normalized spacial score (nSPS) is 27.1. The number of aliphatic carboxylic acids is 2. The first-order chi connectivity index (χ1) is 6.59. The zero-order valence-corrected chi connectivity index (χ0v) is 8.11. The van der Waals surface area contributed by atoms with Gasteiger partial charge in [-0.05, 0) is 24.7 Å². The molecular formula is C10H16O4. The summed E-state index contributed by atoms with van der Waals surface area (Å²) in [6.45, 7) is 0. The molecule has 1 aliphatic rings. The quantitative estimate of drug-likeness (QED) is 0.724. The van der Waals surface area contributed by atoms with Gasteiger partial charge in [0.2, 0.25) is 0 Å². The van der Waals surface area contributed by atoms with E-state index in [4.69, 9.17) is 10.2 Å². The monoisotopic (exact) mass is 200 g/mol. The molecule has 1 saturated carbocycles. The van der Waals surface area contributed by atoms with Gasteiger partial charge in [-0.3, -0.25) is 9.59 Å². The van der Waals surface area contributed by atoms with Crippen LogP contribution in [0.1, 0.15) is 38.5 Å². The molecule has 0 amide bonds. The third kappa shape index (κ3) is 3.36. The first-order valence-corrected chi connectivity index (χ1v) is 5.03. The van der Waals surface area contributed by atoms with Crippen molar-refractivity contribution >= 4 is 11.9 Å². The van der Waals surface area contributed by atoms with E-state index in [9.17, 15) is 9.59 Å². The number of hydrogen-bond acceptors (Lipinski definition) is 2. The van der Waals surface area contributed by atoms with Crippen molar-refractivity contribution in [1.29, 1.82) is 0 Å². The molecule has 1 unspecified atom stereocenters. The Kier molecular flexibility index (Phi) is 3.92. The fraction of sp³-hybridized carbons (Fsp3) is 0.800. The molecule has 0 saturated heterocycles. The lowest BCUT2D eigenvalue weighted by Gasteiger charge is -2.29. The van der Waals surface area contributed by atoms with Gasteiger partial charge in [-0.25, -0.2) is 0 Å².